The van der Waals surface area contributed by atoms with Gasteiger partial charge in [0.05, 0.1) is 29.2 Å². The molecule has 122 valence electrons. The molecule has 1 aromatic carbocycles. The third-order valence-electron chi connectivity index (χ3n) is 3.85. The van der Waals surface area contributed by atoms with E-state index in [1.54, 1.807) is 31.4 Å². The minimum atomic E-state index is -1.46. The smallest absolute Gasteiger partial charge is 0.334 e. The quantitative estimate of drug-likeness (QED) is 0.604. The summed E-state index contributed by atoms with van der Waals surface area (Å²) in [6.07, 6.45) is 0.170. The van der Waals surface area contributed by atoms with Gasteiger partial charge in [0.25, 0.3) is 0 Å². The van der Waals surface area contributed by atoms with Crippen LogP contribution in [0.15, 0.2) is 34.7 Å². The molecule has 0 aliphatic carbocycles. The number of methoxy groups -OCH3 is 1. The second kappa shape index (κ2) is 6.33. The lowest BCUT2D eigenvalue weighted by Crippen LogP contribution is -2.55. The fourth-order valence-corrected chi connectivity index (χ4v) is 4.54. The second-order valence-corrected chi connectivity index (χ2v) is 6.96. The second-order valence-electron chi connectivity index (χ2n) is 5.13. The van der Waals surface area contributed by atoms with E-state index in [1.165, 1.54) is 4.90 Å². The summed E-state index contributed by atoms with van der Waals surface area (Å²) < 4.78 is 22.5. The van der Waals surface area contributed by atoms with Crippen molar-refractivity contribution in [3.8, 4) is 5.75 Å². The molecule has 23 heavy (non-hydrogen) atoms. The number of amides is 1. The molecule has 0 aromatic heterocycles. The van der Waals surface area contributed by atoms with Crippen LogP contribution in [0.4, 0.5) is 0 Å². The highest BCUT2D eigenvalue weighted by Crippen LogP contribution is 2.40. The van der Waals surface area contributed by atoms with Gasteiger partial charge in [-0.15, -0.1) is 0 Å². The fraction of sp³-hybridized carbons (Fsp3) is 0.333. The van der Waals surface area contributed by atoms with Crippen LogP contribution in [0.5, 0.6) is 5.75 Å². The van der Waals surface area contributed by atoms with Gasteiger partial charge in [-0.2, -0.15) is 0 Å². The van der Waals surface area contributed by atoms with Crippen LogP contribution < -0.4 is 4.74 Å². The molecule has 1 unspecified atom stereocenters. The van der Waals surface area contributed by atoms with E-state index in [0.29, 0.717) is 5.75 Å². The molecule has 2 fully saturated rings. The van der Waals surface area contributed by atoms with Gasteiger partial charge >= 0.3 is 5.97 Å². The third kappa shape index (κ3) is 2.74. The summed E-state index contributed by atoms with van der Waals surface area (Å²) in [4.78, 5) is 25.5. The molecular formula is C15H14ClNO5S. The first-order valence-electron chi connectivity index (χ1n) is 6.88. The van der Waals surface area contributed by atoms with E-state index >= 15 is 0 Å². The molecule has 3 atom stereocenters. The molecule has 3 rings (SSSR count). The summed E-state index contributed by atoms with van der Waals surface area (Å²) in [6.45, 7) is 0.0498. The van der Waals surface area contributed by atoms with Crippen LogP contribution in [0.2, 0.25) is 0 Å². The monoisotopic (exact) mass is 355 g/mol. The molecule has 1 amide bonds. The highest BCUT2D eigenvalue weighted by molar-refractivity contribution is 7.90. The summed E-state index contributed by atoms with van der Waals surface area (Å²) in [6, 6.07) is 6.07. The fourth-order valence-electron chi connectivity index (χ4n) is 2.58. The Bertz CT molecular complexity index is 702. The van der Waals surface area contributed by atoms with E-state index in [2.05, 4.69) is 0 Å². The minimum Gasteiger partial charge on any atom is -0.497 e. The van der Waals surface area contributed by atoms with E-state index in [4.69, 9.17) is 21.1 Å². The van der Waals surface area contributed by atoms with Crippen LogP contribution in [0.3, 0.4) is 0 Å². The molecule has 0 saturated carbocycles. The lowest BCUT2D eigenvalue weighted by atomic mass is 10.1. The standard InChI is InChI=1S/C15H14ClNO5S/c1-21-10-4-2-9(3-5-10)8-22-15(19)14-11(7-16)23(20)13-6-12(18)17(13)14/h2-5,7,13-14H,6,8H2,1H3/b11-7-/t13-,14-,23?/m1/s1. The number of nitrogens with zero attached hydrogens (tertiary/aromatic N) is 1. The zero-order valence-corrected chi connectivity index (χ0v) is 13.8. The summed E-state index contributed by atoms with van der Waals surface area (Å²) in [7, 11) is 0.110. The Balaban J connectivity index is 1.69. The van der Waals surface area contributed by atoms with Gasteiger partial charge in [-0.25, -0.2) is 4.79 Å². The Morgan fingerprint density at radius 1 is 1.43 bits per heavy atom. The van der Waals surface area contributed by atoms with Crippen molar-refractivity contribution in [1.82, 2.24) is 4.90 Å². The molecule has 2 saturated heterocycles. The molecule has 8 heteroatoms. The summed E-state index contributed by atoms with van der Waals surface area (Å²) in [5.41, 5.74) is 1.89. The van der Waals surface area contributed by atoms with E-state index in [-0.39, 0.29) is 23.8 Å². The summed E-state index contributed by atoms with van der Waals surface area (Å²) >= 11 is 5.68. The first kappa shape index (κ1) is 16.0. The van der Waals surface area contributed by atoms with Crippen molar-refractivity contribution < 1.29 is 23.3 Å². The van der Waals surface area contributed by atoms with Crippen molar-refractivity contribution in [2.45, 2.75) is 24.4 Å². The Labute approximate surface area is 140 Å². The maximum absolute atomic E-state index is 12.3. The average molecular weight is 356 g/mol. The van der Waals surface area contributed by atoms with Gasteiger partial charge in [0.1, 0.15) is 17.7 Å². The number of carbonyl (C=O) groups excluding carboxylic acids is 2. The largest absolute Gasteiger partial charge is 0.497 e. The number of fused-ring (bicyclic) bond motifs is 1. The Morgan fingerprint density at radius 3 is 2.70 bits per heavy atom. The van der Waals surface area contributed by atoms with Crippen molar-refractivity contribution in [2.24, 2.45) is 0 Å². The molecule has 0 N–H and O–H groups in total. The number of rotatable bonds is 4. The molecule has 0 radical (unpaired) electrons. The van der Waals surface area contributed by atoms with Gasteiger partial charge in [-0.1, -0.05) is 23.7 Å². The van der Waals surface area contributed by atoms with Crippen LogP contribution in [0, 0.1) is 0 Å². The normalized spacial score (nSPS) is 27.6. The van der Waals surface area contributed by atoms with Crippen LogP contribution in [-0.2, 0) is 31.7 Å². The van der Waals surface area contributed by atoms with Crippen molar-refractivity contribution in [1.29, 1.82) is 0 Å². The number of ether oxygens (including phenoxy) is 2. The zero-order valence-electron chi connectivity index (χ0n) is 12.2. The predicted molar refractivity (Wildman–Crippen MR) is 83.9 cm³/mol. The number of β-lactam (4-membered cyclic amide) rings is 1. The maximum atomic E-state index is 12.3. The van der Waals surface area contributed by atoms with Gasteiger partial charge in [-0.05, 0) is 17.7 Å². The lowest BCUT2D eigenvalue weighted by Gasteiger charge is -2.35. The van der Waals surface area contributed by atoms with Gasteiger partial charge in [-0.3, -0.25) is 9.00 Å². The number of esters is 1. The molecular weight excluding hydrogens is 342 g/mol. The first-order chi connectivity index (χ1) is 11.1. The minimum absolute atomic E-state index is 0.0498. The number of carbonyl (C=O) groups is 2. The van der Waals surface area contributed by atoms with Crippen LogP contribution in [0.25, 0.3) is 0 Å². The molecule has 1 aromatic rings. The Kier molecular flexibility index (Phi) is 4.41. The molecule has 2 aliphatic heterocycles. The number of benzene rings is 1. The van der Waals surface area contributed by atoms with Crippen molar-refractivity contribution in [3.63, 3.8) is 0 Å². The summed E-state index contributed by atoms with van der Waals surface area (Å²) in [5.74, 6) is -0.146. The zero-order chi connectivity index (χ0) is 16.6. The third-order valence-corrected chi connectivity index (χ3v) is 5.90. The summed E-state index contributed by atoms with van der Waals surface area (Å²) in [5, 5.41) is -0.467. The van der Waals surface area contributed by atoms with Crippen molar-refractivity contribution >= 4 is 34.3 Å². The number of hydrogen-bond donors (Lipinski definition) is 0. The van der Waals surface area contributed by atoms with E-state index < -0.39 is 28.2 Å². The van der Waals surface area contributed by atoms with Gasteiger partial charge in [0, 0.05) is 5.54 Å². The van der Waals surface area contributed by atoms with Crippen molar-refractivity contribution in [3.05, 3.63) is 40.3 Å². The van der Waals surface area contributed by atoms with Gasteiger partial charge in [0.2, 0.25) is 5.91 Å². The Morgan fingerprint density at radius 2 is 2.13 bits per heavy atom. The van der Waals surface area contributed by atoms with Gasteiger partial charge < -0.3 is 14.4 Å². The molecule has 0 bridgehead atoms. The van der Waals surface area contributed by atoms with Crippen LogP contribution in [0.1, 0.15) is 12.0 Å². The molecule has 6 nitrogen and oxygen atoms in total. The average Bonchev–Trinajstić information content (AvgIpc) is 2.80. The van der Waals surface area contributed by atoms with Crippen LogP contribution in [-0.4, -0.2) is 39.5 Å². The topological polar surface area (TPSA) is 72.9 Å². The molecule has 2 heterocycles. The maximum Gasteiger partial charge on any atom is 0.334 e. The number of hydrogen-bond acceptors (Lipinski definition) is 5. The van der Waals surface area contributed by atoms with Gasteiger partial charge in [0.15, 0.2) is 6.04 Å². The molecule has 2 aliphatic rings. The highest BCUT2D eigenvalue weighted by atomic mass is 35.5. The van der Waals surface area contributed by atoms with E-state index in [0.717, 1.165) is 11.1 Å². The van der Waals surface area contributed by atoms with E-state index in [1.807, 2.05) is 0 Å². The predicted octanol–water partition coefficient (Wildman–Crippen LogP) is 1.51. The van der Waals surface area contributed by atoms with Crippen molar-refractivity contribution in [2.75, 3.05) is 7.11 Å². The van der Waals surface area contributed by atoms with Crippen LogP contribution >= 0.6 is 11.6 Å². The highest BCUT2D eigenvalue weighted by Gasteiger charge is 2.56. The van der Waals surface area contributed by atoms with E-state index in [9.17, 15) is 13.8 Å². The molecule has 0 spiro atoms. The number of halogens is 1. The first-order valence-corrected chi connectivity index (χ1v) is 8.53. The lowest BCUT2D eigenvalue weighted by molar-refractivity contribution is -0.159. The SMILES string of the molecule is COc1ccc(COC(=O)[C@H]2/C(=C/Cl)S(=O)[C@@H]3CC(=O)N32)cc1. The Hall–Kier alpha value is -1.86.